The van der Waals surface area contributed by atoms with Crippen molar-refractivity contribution in [2.24, 2.45) is 5.73 Å². The number of hydrogen-bond acceptors (Lipinski definition) is 3. The van der Waals surface area contributed by atoms with E-state index in [0.717, 1.165) is 18.6 Å². The number of benzene rings is 1. The Morgan fingerprint density at radius 1 is 1.26 bits per heavy atom. The van der Waals surface area contributed by atoms with E-state index in [4.69, 9.17) is 10.2 Å². The lowest BCUT2D eigenvalue weighted by Gasteiger charge is -2.12. The molecule has 0 radical (unpaired) electrons. The van der Waals surface area contributed by atoms with Crippen molar-refractivity contribution in [2.45, 2.75) is 49.4 Å². The molecular weight excluding hydrogens is 254 g/mol. The maximum atomic E-state index is 6.02. The average Bonchev–Trinajstić information content (AvgIpc) is 2.78. The van der Waals surface area contributed by atoms with Gasteiger partial charge in [0.2, 0.25) is 0 Å². The highest BCUT2D eigenvalue weighted by Crippen LogP contribution is 2.32. The Labute approximate surface area is 119 Å². The van der Waals surface area contributed by atoms with Crippen molar-refractivity contribution >= 4 is 11.8 Å². The zero-order chi connectivity index (χ0) is 13.8. The molecule has 2 N–H and O–H groups in total. The van der Waals surface area contributed by atoms with Crippen molar-refractivity contribution in [2.75, 3.05) is 0 Å². The Kier molecular flexibility index (Phi) is 4.72. The highest BCUT2D eigenvalue weighted by molar-refractivity contribution is 7.99. The van der Waals surface area contributed by atoms with Crippen LogP contribution in [0.15, 0.2) is 44.7 Å². The summed E-state index contributed by atoms with van der Waals surface area (Å²) in [5.41, 5.74) is 8.69. The van der Waals surface area contributed by atoms with E-state index in [2.05, 4.69) is 32.0 Å². The average molecular weight is 275 g/mol. The molecule has 1 unspecified atom stereocenters. The van der Waals surface area contributed by atoms with Crippen LogP contribution in [0.2, 0.25) is 0 Å². The minimum absolute atomic E-state index is 0.258. The monoisotopic (exact) mass is 275 g/mol. The van der Waals surface area contributed by atoms with E-state index in [-0.39, 0.29) is 6.04 Å². The normalized spacial score (nSPS) is 12.6. The van der Waals surface area contributed by atoms with Crippen molar-refractivity contribution in [3.63, 3.8) is 0 Å². The van der Waals surface area contributed by atoms with Gasteiger partial charge in [-0.25, -0.2) is 0 Å². The molecule has 0 amide bonds. The summed E-state index contributed by atoms with van der Waals surface area (Å²) >= 11 is 1.74. The molecule has 0 fully saturated rings. The van der Waals surface area contributed by atoms with Gasteiger partial charge in [0.15, 0.2) is 0 Å². The van der Waals surface area contributed by atoms with Gasteiger partial charge >= 0.3 is 0 Å². The highest BCUT2D eigenvalue weighted by Gasteiger charge is 2.07. The van der Waals surface area contributed by atoms with Crippen LogP contribution >= 0.6 is 11.8 Å². The van der Waals surface area contributed by atoms with Crippen LogP contribution in [0, 0.1) is 13.8 Å². The molecule has 1 aromatic carbocycles. The maximum Gasteiger partial charge on any atom is 0.114 e. The minimum atomic E-state index is 0.258. The van der Waals surface area contributed by atoms with Crippen LogP contribution in [0.4, 0.5) is 0 Å². The van der Waals surface area contributed by atoms with E-state index in [0.29, 0.717) is 0 Å². The van der Waals surface area contributed by atoms with Gasteiger partial charge in [-0.3, -0.25) is 0 Å². The topological polar surface area (TPSA) is 39.2 Å². The van der Waals surface area contributed by atoms with Gasteiger partial charge in [0.25, 0.3) is 0 Å². The number of furan rings is 1. The van der Waals surface area contributed by atoms with Crippen LogP contribution < -0.4 is 5.73 Å². The summed E-state index contributed by atoms with van der Waals surface area (Å²) in [6, 6.07) is 8.86. The van der Waals surface area contributed by atoms with Gasteiger partial charge in [0.1, 0.15) is 5.76 Å². The molecule has 0 aliphatic rings. The lowest BCUT2D eigenvalue weighted by molar-refractivity contribution is 0.527. The summed E-state index contributed by atoms with van der Waals surface area (Å²) < 4.78 is 5.32. The molecule has 0 spiro atoms. The second-order valence-electron chi connectivity index (χ2n) is 4.90. The molecule has 2 rings (SSSR count). The molecule has 0 saturated carbocycles. The third-order valence-electron chi connectivity index (χ3n) is 3.36. The number of hydrogen-bond donors (Lipinski definition) is 1. The zero-order valence-electron chi connectivity index (χ0n) is 11.8. The van der Waals surface area contributed by atoms with E-state index >= 15 is 0 Å². The van der Waals surface area contributed by atoms with Gasteiger partial charge in [-0.2, -0.15) is 0 Å². The third-order valence-corrected chi connectivity index (χ3v) is 4.49. The van der Waals surface area contributed by atoms with Gasteiger partial charge < -0.3 is 10.2 Å². The maximum absolute atomic E-state index is 6.02. The number of nitrogens with two attached hydrogens (primary N) is 1. The van der Waals surface area contributed by atoms with Crippen molar-refractivity contribution in [3.05, 3.63) is 47.4 Å². The molecule has 2 aromatic rings. The molecule has 0 saturated heterocycles. The van der Waals surface area contributed by atoms with E-state index < -0.39 is 0 Å². The second kappa shape index (κ2) is 6.31. The zero-order valence-corrected chi connectivity index (χ0v) is 12.6. The summed E-state index contributed by atoms with van der Waals surface area (Å²) in [5, 5.41) is 0. The van der Waals surface area contributed by atoms with Crippen molar-refractivity contribution in [1.82, 2.24) is 0 Å². The van der Waals surface area contributed by atoms with Gasteiger partial charge in [-0.15, -0.1) is 0 Å². The van der Waals surface area contributed by atoms with Crippen LogP contribution in [0.1, 0.15) is 30.2 Å². The quantitative estimate of drug-likeness (QED) is 0.883. The fourth-order valence-corrected chi connectivity index (χ4v) is 2.94. The molecule has 2 nitrogen and oxygen atoms in total. The third kappa shape index (κ3) is 3.64. The molecule has 1 atom stereocenters. The molecule has 1 heterocycles. The molecule has 19 heavy (non-hydrogen) atoms. The van der Waals surface area contributed by atoms with E-state index in [1.54, 1.807) is 18.0 Å². The first-order valence-corrected chi connectivity index (χ1v) is 7.49. The van der Waals surface area contributed by atoms with Gasteiger partial charge in [-0.1, -0.05) is 24.8 Å². The molecular formula is C16H21NOS. The Bertz CT molecular complexity index is 547. The van der Waals surface area contributed by atoms with Gasteiger partial charge in [0, 0.05) is 10.9 Å². The molecule has 0 aliphatic heterocycles. The second-order valence-corrected chi connectivity index (χ2v) is 6.02. The molecule has 1 aromatic heterocycles. The number of rotatable bonds is 5. The lowest BCUT2D eigenvalue weighted by atomic mass is 10.0. The first kappa shape index (κ1) is 14.2. The van der Waals surface area contributed by atoms with Crippen LogP contribution in [-0.2, 0) is 6.42 Å². The first-order chi connectivity index (χ1) is 9.10. The Hall–Kier alpha value is -1.19. The standard InChI is InChI=1S/C16H21NOS/c1-4-14(17)10-13-5-6-15(9-11(13)2)19-16-7-8-18-12(16)3/h5-9,14H,4,10,17H2,1-3H3. The van der Waals surface area contributed by atoms with Gasteiger partial charge in [-0.05, 0) is 56.0 Å². The molecule has 0 aliphatic carbocycles. The van der Waals surface area contributed by atoms with Crippen molar-refractivity contribution in [1.29, 1.82) is 0 Å². The van der Waals surface area contributed by atoms with Crippen LogP contribution in [-0.4, -0.2) is 6.04 Å². The predicted molar refractivity (Wildman–Crippen MR) is 80.7 cm³/mol. The minimum Gasteiger partial charge on any atom is -0.468 e. The molecule has 102 valence electrons. The summed E-state index contributed by atoms with van der Waals surface area (Å²) in [5.74, 6) is 0.972. The summed E-state index contributed by atoms with van der Waals surface area (Å²) in [6.45, 7) is 6.28. The first-order valence-electron chi connectivity index (χ1n) is 6.67. The lowest BCUT2D eigenvalue weighted by Crippen LogP contribution is -2.21. The molecule has 3 heteroatoms. The van der Waals surface area contributed by atoms with Gasteiger partial charge in [0.05, 0.1) is 11.2 Å². The van der Waals surface area contributed by atoms with Crippen LogP contribution in [0.5, 0.6) is 0 Å². The van der Waals surface area contributed by atoms with Crippen molar-refractivity contribution in [3.8, 4) is 0 Å². The summed E-state index contributed by atoms with van der Waals surface area (Å²) in [6.07, 6.45) is 3.71. The van der Waals surface area contributed by atoms with E-state index in [9.17, 15) is 0 Å². The predicted octanol–water partition coefficient (Wildman–Crippen LogP) is 4.33. The fourth-order valence-electron chi connectivity index (χ4n) is 1.99. The molecule has 0 bridgehead atoms. The van der Waals surface area contributed by atoms with E-state index in [1.165, 1.54) is 20.9 Å². The van der Waals surface area contributed by atoms with Crippen LogP contribution in [0.25, 0.3) is 0 Å². The Morgan fingerprint density at radius 2 is 2.05 bits per heavy atom. The van der Waals surface area contributed by atoms with E-state index in [1.807, 2.05) is 13.0 Å². The summed E-state index contributed by atoms with van der Waals surface area (Å²) in [7, 11) is 0. The fraction of sp³-hybridized carbons (Fsp3) is 0.375. The summed E-state index contributed by atoms with van der Waals surface area (Å²) in [4.78, 5) is 2.42. The SMILES string of the molecule is CCC(N)Cc1ccc(Sc2ccoc2C)cc1C. The smallest absolute Gasteiger partial charge is 0.114 e. The largest absolute Gasteiger partial charge is 0.468 e. The Morgan fingerprint density at radius 3 is 2.63 bits per heavy atom. The Balaban J connectivity index is 2.12. The highest BCUT2D eigenvalue weighted by atomic mass is 32.2. The number of aryl methyl sites for hydroxylation is 2. The van der Waals surface area contributed by atoms with Crippen molar-refractivity contribution < 1.29 is 4.42 Å². The van der Waals surface area contributed by atoms with Crippen LogP contribution in [0.3, 0.4) is 0 Å².